The Morgan fingerprint density at radius 1 is 1.09 bits per heavy atom. The normalized spacial score (nSPS) is 11.9. The largest absolute Gasteiger partial charge is 0.494 e. The third kappa shape index (κ3) is 6.61. The highest BCUT2D eigenvalue weighted by atomic mass is 35.5. The van der Waals surface area contributed by atoms with Gasteiger partial charge in [-0.2, -0.15) is 0 Å². The summed E-state index contributed by atoms with van der Waals surface area (Å²) < 4.78 is 40.1. The van der Waals surface area contributed by atoms with Crippen molar-refractivity contribution in [2.75, 3.05) is 13.2 Å². The van der Waals surface area contributed by atoms with Crippen LogP contribution in [0.5, 0.6) is 17.5 Å². The van der Waals surface area contributed by atoms with Gasteiger partial charge < -0.3 is 25.0 Å². The van der Waals surface area contributed by atoms with Gasteiger partial charge in [-0.3, -0.25) is 9.36 Å². The number of hydrogen-bond acceptors (Lipinski definition) is 6. The first-order valence-electron chi connectivity index (χ1n) is 10.6. The summed E-state index contributed by atoms with van der Waals surface area (Å²) >= 11 is 5.76. The lowest BCUT2D eigenvalue weighted by Gasteiger charge is -2.19. The number of carbonyl (C=O) groups excluding carboxylic acids is 1. The number of aromatic hydroxyl groups is 2. The van der Waals surface area contributed by atoms with Crippen molar-refractivity contribution in [1.82, 2.24) is 9.88 Å². The van der Waals surface area contributed by atoms with Gasteiger partial charge in [0.25, 0.3) is 0 Å². The fourth-order valence-electron chi connectivity index (χ4n) is 3.36. The minimum atomic E-state index is -0.607. The molecule has 3 rings (SSSR count). The molecule has 3 N–H and O–H groups in total. The van der Waals surface area contributed by atoms with Crippen molar-refractivity contribution in [3.8, 4) is 17.5 Å². The number of carbonyl (C=O) groups is 1. The molecular weight excluding hydrogens is 470 g/mol. The molecule has 0 bridgehead atoms. The summed E-state index contributed by atoms with van der Waals surface area (Å²) in [4.78, 5) is 12.0. The van der Waals surface area contributed by atoms with Gasteiger partial charge in [0.1, 0.15) is 12.4 Å². The number of rotatable bonds is 11. The van der Waals surface area contributed by atoms with E-state index in [1.165, 1.54) is 41.0 Å². The maximum Gasteiger partial charge on any atom is 0.307 e. The number of halogens is 3. The molecule has 1 unspecified atom stereocenters. The summed E-state index contributed by atoms with van der Waals surface area (Å²) in [5, 5.41) is 22.4. The van der Waals surface area contributed by atoms with E-state index in [0.717, 1.165) is 0 Å². The van der Waals surface area contributed by atoms with Crippen molar-refractivity contribution in [2.45, 2.75) is 32.5 Å². The van der Waals surface area contributed by atoms with E-state index in [4.69, 9.17) is 21.1 Å². The minimum absolute atomic E-state index is 0.0118. The lowest BCUT2D eigenvalue weighted by atomic mass is 10.0. The molecule has 182 valence electrons. The fraction of sp³-hybridized carbons (Fsp3) is 0.292. The zero-order chi connectivity index (χ0) is 24.7. The molecule has 0 aliphatic carbocycles. The van der Waals surface area contributed by atoms with Crippen molar-refractivity contribution in [3.63, 3.8) is 0 Å². The zero-order valence-electron chi connectivity index (χ0n) is 18.4. The average molecular weight is 495 g/mol. The SMILES string of the molecule is CCOC(=O)CC(NCc1ccc(OCCn2c(O)ccc2O)c(F)c1)c1ccc(Cl)c(F)c1. The highest BCUT2D eigenvalue weighted by molar-refractivity contribution is 6.30. The van der Waals surface area contributed by atoms with E-state index in [1.807, 2.05) is 0 Å². The Labute approximate surface area is 200 Å². The standard InChI is InChI=1S/C24H25ClF2N2O5/c1-2-33-24(32)13-20(16-4-5-17(25)18(26)12-16)28-14-15-3-6-21(19(27)11-15)34-10-9-29-22(30)7-8-23(29)31/h3-8,11-12,20,28,30-31H,2,9-10,13-14H2,1H3. The van der Waals surface area contributed by atoms with Crippen molar-refractivity contribution in [2.24, 2.45) is 0 Å². The van der Waals surface area contributed by atoms with Gasteiger partial charge in [-0.1, -0.05) is 23.7 Å². The maximum absolute atomic E-state index is 14.5. The molecular formula is C24H25ClF2N2O5. The molecule has 0 aliphatic rings. The van der Waals surface area contributed by atoms with E-state index in [9.17, 15) is 23.8 Å². The number of benzene rings is 2. The molecule has 34 heavy (non-hydrogen) atoms. The number of nitrogens with one attached hydrogen (secondary N) is 1. The summed E-state index contributed by atoms with van der Waals surface area (Å²) in [7, 11) is 0. The van der Waals surface area contributed by atoms with Gasteiger partial charge in [0, 0.05) is 24.7 Å². The highest BCUT2D eigenvalue weighted by Gasteiger charge is 2.18. The fourth-order valence-corrected chi connectivity index (χ4v) is 3.48. The van der Waals surface area contributed by atoms with Crippen LogP contribution < -0.4 is 10.1 Å². The van der Waals surface area contributed by atoms with Crippen molar-refractivity contribution in [1.29, 1.82) is 0 Å². The van der Waals surface area contributed by atoms with Crippen LogP contribution in [0.25, 0.3) is 0 Å². The molecule has 0 amide bonds. The van der Waals surface area contributed by atoms with Gasteiger partial charge in [0.2, 0.25) is 0 Å². The summed E-state index contributed by atoms with van der Waals surface area (Å²) in [5.41, 5.74) is 1.08. The second kappa shape index (κ2) is 11.7. The second-order valence-corrected chi connectivity index (χ2v) is 7.84. The number of esters is 1. The molecule has 0 spiro atoms. The van der Waals surface area contributed by atoms with E-state index in [1.54, 1.807) is 19.1 Å². The van der Waals surface area contributed by atoms with E-state index >= 15 is 0 Å². The van der Waals surface area contributed by atoms with Crippen LogP contribution in [0.4, 0.5) is 8.78 Å². The van der Waals surface area contributed by atoms with Crippen LogP contribution in [-0.2, 0) is 22.6 Å². The van der Waals surface area contributed by atoms with Gasteiger partial charge in [0.05, 0.1) is 24.6 Å². The van der Waals surface area contributed by atoms with Crippen molar-refractivity contribution in [3.05, 3.63) is 76.3 Å². The van der Waals surface area contributed by atoms with E-state index in [2.05, 4.69) is 5.32 Å². The van der Waals surface area contributed by atoms with Crippen LogP contribution in [-0.4, -0.2) is 34.0 Å². The molecule has 0 fully saturated rings. The molecule has 2 aromatic carbocycles. The molecule has 1 atom stereocenters. The molecule has 1 aromatic heterocycles. The first-order valence-corrected chi connectivity index (χ1v) is 11.0. The Morgan fingerprint density at radius 2 is 1.82 bits per heavy atom. The third-order valence-electron chi connectivity index (χ3n) is 5.08. The number of hydrogen-bond donors (Lipinski definition) is 3. The zero-order valence-corrected chi connectivity index (χ0v) is 19.2. The molecule has 3 aromatic rings. The Kier molecular flexibility index (Phi) is 8.72. The third-order valence-corrected chi connectivity index (χ3v) is 5.38. The van der Waals surface area contributed by atoms with Gasteiger partial charge in [-0.05, 0) is 42.3 Å². The first kappa shape index (κ1) is 25.3. The monoisotopic (exact) mass is 494 g/mol. The van der Waals surface area contributed by atoms with Crippen molar-refractivity contribution >= 4 is 17.6 Å². The van der Waals surface area contributed by atoms with Crippen LogP contribution in [0.1, 0.15) is 30.5 Å². The van der Waals surface area contributed by atoms with Crippen LogP contribution in [0.2, 0.25) is 5.02 Å². The van der Waals surface area contributed by atoms with Crippen LogP contribution in [0.15, 0.2) is 48.5 Å². The smallest absolute Gasteiger partial charge is 0.307 e. The van der Waals surface area contributed by atoms with Crippen LogP contribution in [0.3, 0.4) is 0 Å². The van der Waals surface area contributed by atoms with Crippen molar-refractivity contribution < 1.29 is 33.3 Å². The second-order valence-electron chi connectivity index (χ2n) is 7.43. The predicted octanol–water partition coefficient (Wildman–Crippen LogP) is 4.69. The summed E-state index contributed by atoms with van der Waals surface area (Å²) in [6.45, 7) is 2.25. The average Bonchev–Trinajstić information content (AvgIpc) is 3.12. The molecule has 1 heterocycles. The topological polar surface area (TPSA) is 93.0 Å². The van der Waals surface area contributed by atoms with Gasteiger partial charge in [-0.15, -0.1) is 0 Å². The predicted molar refractivity (Wildman–Crippen MR) is 122 cm³/mol. The van der Waals surface area contributed by atoms with Gasteiger partial charge in [0.15, 0.2) is 23.3 Å². The lowest BCUT2D eigenvalue weighted by Crippen LogP contribution is -2.24. The maximum atomic E-state index is 14.5. The van der Waals surface area contributed by atoms with E-state index < -0.39 is 23.6 Å². The summed E-state index contributed by atoms with van der Waals surface area (Å²) in [6, 6.07) is 10.8. The Hall–Kier alpha value is -3.30. The molecule has 0 aliphatic heterocycles. The first-order chi connectivity index (χ1) is 16.3. The minimum Gasteiger partial charge on any atom is -0.494 e. The lowest BCUT2D eigenvalue weighted by molar-refractivity contribution is -0.143. The Balaban J connectivity index is 1.63. The van der Waals surface area contributed by atoms with Crippen LogP contribution >= 0.6 is 11.6 Å². The summed E-state index contributed by atoms with van der Waals surface area (Å²) in [6.07, 6.45) is -0.0440. The molecule has 0 radical (unpaired) electrons. The number of aromatic nitrogens is 1. The van der Waals surface area contributed by atoms with E-state index in [0.29, 0.717) is 11.1 Å². The number of nitrogens with zero attached hydrogens (tertiary/aromatic N) is 1. The van der Waals surface area contributed by atoms with Gasteiger partial charge in [-0.25, -0.2) is 8.78 Å². The molecule has 0 saturated carbocycles. The van der Waals surface area contributed by atoms with Crippen LogP contribution in [0, 0.1) is 11.6 Å². The number of ether oxygens (including phenoxy) is 2. The molecule has 10 heteroatoms. The Morgan fingerprint density at radius 3 is 2.47 bits per heavy atom. The highest BCUT2D eigenvalue weighted by Crippen LogP contribution is 2.25. The Bertz CT molecular complexity index is 1120. The quantitative estimate of drug-likeness (QED) is 0.335. The van der Waals surface area contributed by atoms with Gasteiger partial charge >= 0.3 is 5.97 Å². The van der Waals surface area contributed by atoms with E-state index in [-0.39, 0.29) is 55.3 Å². The molecule has 0 saturated heterocycles. The summed E-state index contributed by atoms with van der Waals surface area (Å²) in [5.74, 6) is -1.90. The molecule has 7 nitrogen and oxygen atoms in total.